The van der Waals surface area contributed by atoms with Crippen LogP contribution in [0.15, 0.2) is 47.4 Å². The number of likely N-dealkylation sites (N-methyl/N-ethyl adjacent to an activating group) is 1. The van der Waals surface area contributed by atoms with Crippen LogP contribution < -0.4 is 20.1 Å². The van der Waals surface area contributed by atoms with E-state index < -0.39 is 0 Å². The molecule has 0 saturated heterocycles. The fourth-order valence-electron chi connectivity index (χ4n) is 2.91. The molecule has 3 rings (SSSR count). The minimum Gasteiger partial charge on any atom is -0.486 e. The van der Waals surface area contributed by atoms with Crippen LogP contribution in [-0.4, -0.2) is 55.8 Å². The van der Waals surface area contributed by atoms with E-state index in [1.165, 1.54) is 0 Å². The van der Waals surface area contributed by atoms with Gasteiger partial charge in [0.25, 0.3) is 0 Å². The highest BCUT2D eigenvalue weighted by atomic mass is 32.2. The SMILES string of the molecule is CCN(CC(=O)Nc1cccc(SC)c1)CC(=O)Nc1ccc2c(c1)OCCO2. The molecule has 2 aromatic carbocycles. The number of fused-ring (bicyclic) bond motifs is 1. The first-order chi connectivity index (χ1) is 14.1. The quantitative estimate of drug-likeness (QED) is 0.645. The van der Waals surface area contributed by atoms with Crippen molar-refractivity contribution < 1.29 is 19.1 Å². The van der Waals surface area contributed by atoms with Crippen LogP contribution >= 0.6 is 11.8 Å². The Balaban J connectivity index is 1.52. The smallest absolute Gasteiger partial charge is 0.238 e. The molecule has 0 aliphatic carbocycles. The molecule has 7 nitrogen and oxygen atoms in total. The first-order valence-corrected chi connectivity index (χ1v) is 10.7. The Kier molecular flexibility index (Phi) is 7.37. The molecule has 29 heavy (non-hydrogen) atoms. The average Bonchev–Trinajstić information content (AvgIpc) is 2.73. The monoisotopic (exact) mass is 415 g/mol. The number of nitrogens with one attached hydrogen (secondary N) is 2. The van der Waals surface area contributed by atoms with Gasteiger partial charge in [-0.25, -0.2) is 0 Å². The van der Waals surface area contributed by atoms with Crippen LogP contribution in [0.25, 0.3) is 0 Å². The predicted octanol–water partition coefficient (Wildman–Crippen LogP) is 3.08. The van der Waals surface area contributed by atoms with Gasteiger partial charge in [0, 0.05) is 22.3 Å². The maximum Gasteiger partial charge on any atom is 0.238 e. The predicted molar refractivity (Wildman–Crippen MR) is 115 cm³/mol. The molecule has 0 bridgehead atoms. The summed E-state index contributed by atoms with van der Waals surface area (Å²) in [5.41, 5.74) is 1.38. The Morgan fingerprint density at radius 1 is 0.966 bits per heavy atom. The minimum atomic E-state index is -0.194. The first-order valence-electron chi connectivity index (χ1n) is 9.43. The van der Waals surface area contributed by atoms with Gasteiger partial charge in [0.05, 0.1) is 13.1 Å². The summed E-state index contributed by atoms with van der Waals surface area (Å²) in [7, 11) is 0. The Morgan fingerprint density at radius 3 is 2.28 bits per heavy atom. The van der Waals surface area contributed by atoms with Crippen LogP contribution in [0.5, 0.6) is 11.5 Å². The summed E-state index contributed by atoms with van der Waals surface area (Å²) < 4.78 is 11.0. The summed E-state index contributed by atoms with van der Waals surface area (Å²) in [6, 6.07) is 13.0. The second-order valence-corrected chi connectivity index (χ2v) is 7.37. The number of ether oxygens (including phenoxy) is 2. The maximum atomic E-state index is 12.4. The Morgan fingerprint density at radius 2 is 1.62 bits per heavy atom. The fraction of sp³-hybridized carbons (Fsp3) is 0.333. The van der Waals surface area contributed by atoms with Crippen molar-refractivity contribution in [2.75, 3.05) is 49.7 Å². The average molecular weight is 416 g/mol. The van der Waals surface area contributed by atoms with Crippen molar-refractivity contribution in [3.8, 4) is 11.5 Å². The van der Waals surface area contributed by atoms with Gasteiger partial charge in [-0.15, -0.1) is 11.8 Å². The molecule has 0 atom stereocenters. The Hall–Kier alpha value is -2.71. The Labute approximate surface area is 174 Å². The molecule has 154 valence electrons. The second kappa shape index (κ2) is 10.2. The lowest BCUT2D eigenvalue weighted by atomic mass is 10.2. The number of nitrogens with zero attached hydrogens (tertiary/aromatic N) is 1. The largest absolute Gasteiger partial charge is 0.486 e. The number of amides is 2. The van der Waals surface area contributed by atoms with Crippen molar-refractivity contribution in [1.29, 1.82) is 0 Å². The van der Waals surface area contributed by atoms with E-state index in [0.717, 1.165) is 10.6 Å². The van der Waals surface area contributed by atoms with Crippen LogP contribution in [0.4, 0.5) is 11.4 Å². The topological polar surface area (TPSA) is 79.9 Å². The molecule has 0 fully saturated rings. The highest BCUT2D eigenvalue weighted by Crippen LogP contribution is 2.32. The van der Waals surface area contributed by atoms with Gasteiger partial charge >= 0.3 is 0 Å². The molecule has 2 N–H and O–H groups in total. The van der Waals surface area contributed by atoms with Crippen LogP contribution in [0.3, 0.4) is 0 Å². The number of carbonyl (C=O) groups excluding carboxylic acids is 2. The number of anilines is 2. The molecule has 0 saturated carbocycles. The van der Waals surface area contributed by atoms with Gasteiger partial charge in [0.1, 0.15) is 13.2 Å². The van der Waals surface area contributed by atoms with Gasteiger partial charge < -0.3 is 20.1 Å². The van der Waals surface area contributed by atoms with Crippen LogP contribution in [0.1, 0.15) is 6.92 Å². The summed E-state index contributed by atoms with van der Waals surface area (Å²) in [5.74, 6) is 0.942. The van der Waals surface area contributed by atoms with Crippen molar-refractivity contribution in [3.05, 3.63) is 42.5 Å². The second-order valence-electron chi connectivity index (χ2n) is 6.49. The van der Waals surface area contributed by atoms with E-state index in [0.29, 0.717) is 36.9 Å². The van der Waals surface area contributed by atoms with E-state index in [4.69, 9.17) is 9.47 Å². The zero-order valence-electron chi connectivity index (χ0n) is 16.6. The highest BCUT2D eigenvalue weighted by Gasteiger charge is 2.16. The molecule has 0 spiro atoms. The van der Waals surface area contributed by atoms with Gasteiger partial charge in [-0.1, -0.05) is 13.0 Å². The van der Waals surface area contributed by atoms with Crippen molar-refractivity contribution in [2.45, 2.75) is 11.8 Å². The number of hydrogen-bond acceptors (Lipinski definition) is 6. The zero-order valence-corrected chi connectivity index (χ0v) is 17.4. The lowest BCUT2D eigenvalue weighted by Gasteiger charge is -2.21. The van der Waals surface area contributed by atoms with Crippen molar-refractivity contribution >= 4 is 35.0 Å². The van der Waals surface area contributed by atoms with Crippen LogP contribution in [-0.2, 0) is 9.59 Å². The molecule has 0 unspecified atom stereocenters. The molecular weight excluding hydrogens is 390 g/mol. The number of hydrogen-bond donors (Lipinski definition) is 2. The molecule has 2 amide bonds. The third kappa shape index (κ3) is 6.13. The van der Waals surface area contributed by atoms with Crippen molar-refractivity contribution in [1.82, 2.24) is 4.90 Å². The summed E-state index contributed by atoms with van der Waals surface area (Å²) in [5, 5.41) is 5.73. The lowest BCUT2D eigenvalue weighted by molar-refractivity contribution is -0.119. The molecule has 0 radical (unpaired) electrons. The van der Waals surface area contributed by atoms with Gasteiger partial charge in [-0.2, -0.15) is 0 Å². The normalized spacial score (nSPS) is 12.5. The molecule has 1 aliphatic rings. The molecule has 1 aliphatic heterocycles. The van der Waals surface area contributed by atoms with Gasteiger partial charge in [0.15, 0.2) is 11.5 Å². The summed E-state index contributed by atoms with van der Waals surface area (Å²) >= 11 is 1.61. The summed E-state index contributed by atoms with van der Waals surface area (Å²) in [6.07, 6.45) is 1.99. The van der Waals surface area contributed by atoms with Crippen molar-refractivity contribution in [3.63, 3.8) is 0 Å². The van der Waals surface area contributed by atoms with Gasteiger partial charge in [-0.3, -0.25) is 14.5 Å². The van der Waals surface area contributed by atoms with E-state index >= 15 is 0 Å². The third-order valence-corrected chi connectivity index (χ3v) is 5.09. The number of thioether (sulfide) groups is 1. The number of rotatable bonds is 8. The number of benzene rings is 2. The van der Waals surface area contributed by atoms with E-state index in [-0.39, 0.29) is 24.9 Å². The zero-order chi connectivity index (χ0) is 20.6. The van der Waals surface area contributed by atoms with Crippen LogP contribution in [0.2, 0.25) is 0 Å². The lowest BCUT2D eigenvalue weighted by Crippen LogP contribution is -2.38. The van der Waals surface area contributed by atoms with Crippen LogP contribution in [0, 0.1) is 0 Å². The molecule has 0 aromatic heterocycles. The van der Waals surface area contributed by atoms with Crippen molar-refractivity contribution in [2.24, 2.45) is 0 Å². The molecular formula is C21H25N3O4S. The third-order valence-electron chi connectivity index (χ3n) is 4.36. The standard InChI is InChI=1S/C21H25N3O4S/c1-3-24(13-20(25)22-15-5-4-6-17(11-15)29-2)14-21(26)23-16-7-8-18-19(12-16)28-10-9-27-18/h4-8,11-12H,3,9-10,13-14H2,1-2H3,(H,22,25)(H,23,26). The van der Waals surface area contributed by atoms with Gasteiger partial charge in [-0.05, 0) is 43.1 Å². The molecule has 1 heterocycles. The fourth-order valence-corrected chi connectivity index (χ4v) is 3.37. The van der Waals surface area contributed by atoms with Gasteiger partial charge in [0.2, 0.25) is 11.8 Å². The van der Waals surface area contributed by atoms with E-state index in [2.05, 4.69) is 10.6 Å². The van der Waals surface area contributed by atoms with E-state index in [1.807, 2.05) is 37.4 Å². The molecule has 2 aromatic rings. The minimum absolute atomic E-state index is 0.114. The van der Waals surface area contributed by atoms with E-state index in [1.54, 1.807) is 34.9 Å². The maximum absolute atomic E-state index is 12.4. The number of carbonyl (C=O) groups is 2. The summed E-state index contributed by atoms with van der Waals surface area (Å²) in [6.45, 7) is 3.75. The Bertz CT molecular complexity index is 875. The van der Waals surface area contributed by atoms with E-state index in [9.17, 15) is 9.59 Å². The highest BCUT2D eigenvalue weighted by molar-refractivity contribution is 7.98. The first kappa shape index (κ1) is 21.0. The molecule has 8 heteroatoms. The summed E-state index contributed by atoms with van der Waals surface area (Å²) in [4.78, 5) is 27.6.